The highest BCUT2D eigenvalue weighted by Gasteiger charge is 2.00. The lowest BCUT2D eigenvalue weighted by Gasteiger charge is -1.96. The van der Waals surface area contributed by atoms with Gasteiger partial charge in [-0.2, -0.15) is 9.68 Å². The highest BCUT2D eigenvalue weighted by atomic mass is 35.5. The lowest BCUT2D eigenvalue weighted by Crippen LogP contribution is -2.03. The summed E-state index contributed by atoms with van der Waals surface area (Å²) in [6.45, 7) is 2.21. The average Bonchev–Trinajstić information content (AvgIpc) is 1.89. The molecule has 0 rings (SSSR count). The second-order valence-corrected chi connectivity index (χ2v) is 1.39. The molecule has 0 fully saturated rings. The van der Waals surface area contributed by atoms with Gasteiger partial charge < -0.3 is 4.29 Å². The summed E-state index contributed by atoms with van der Waals surface area (Å²) >= 11 is 4.58. The van der Waals surface area contributed by atoms with E-state index in [2.05, 4.69) is 25.9 Å². The minimum absolute atomic E-state index is 0.339. The lowest BCUT2D eigenvalue weighted by atomic mass is 10.5. The van der Waals surface area contributed by atoms with Gasteiger partial charge in [0.2, 0.25) is 0 Å². The van der Waals surface area contributed by atoms with Gasteiger partial charge in [0.1, 0.15) is 11.9 Å². The number of rotatable bonds is 3. The smallest absolute Gasteiger partial charge is 0.313 e. The van der Waals surface area contributed by atoms with Crippen LogP contribution in [0.2, 0.25) is 0 Å². The molecule has 0 aliphatic heterocycles. The molecule has 0 heterocycles. The van der Waals surface area contributed by atoms with Gasteiger partial charge in [-0.25, -0.2) is 0 Å². The van der Waals surface area contributed by atoms with Crippen LogP contribution in [0.25, 0.3) is 0 Å². The Balaban J connectivity index is 2.97. The average molecular weight is 155 g/mol. The highest BCUT2D eigenvalue weighted by Crippen LogP contribution is 1.89. The zero-order chi connectivity index (χ0) is 7.11. The molecule has 0 aliphatic rings. The van der Waals surface area contributed by atoms with Crippen molar-refractivity contribution in [3.8, 4) is 0 Å². The maximum atomic E-state index is 9.99. The topological polar surface area (TPSA) is 44.8 Å². The molecule has 0 radical (unpaired) electrons. The minimum Gasteiger partial charge on any atom is -0.313 e. The number of carbonyl (C=O) groups is 1. The van der Waals surface area contributed by atoms with E-state index in [0.29, 0.717) is 6.61 Å². The SMILES string of the molecule is CCCOOC(=O)OCl. The third kappa shape index (κ3) is 5.39. The van der Waals surface area contributed by atoms with Gasteiger partial charge >= 0.3 is 6.16 Å². The van der Waals surface area contributed by atoms with Gasteiger partial charge in [0.15, 0.2) is 0 Å². The van der Waals surface area contributed by atoms with Gasteiger partial charge in [-0.3, -0.25) is 4.89 Å². The number of carbonyl (C=O) groups excluding carboxylic acids is 1. The Bertz CT molecular complexity index is 84.6. The molecule has 0 aromatic carbocycles. The van der Waals surface area contributed by atoms with Crippen LogP contribution in [0.15, 0.2) is 0 Å². The quantitative estimate of drug-likeness (QED) is 0.352. The van der Waals surface area contributed by atoms with Crippen molar-refractivity contribution in [2.75, 3.05) is 6.61 Å². The second kappa shape index (κ2) is 5.65. The van der Waals surface area contributed by atoms with E-state index < -0.39 is 6.16 Å². The third-order valence-corrected chi connectivity index (χ3v) is 0.603. The summed E-state index contributed by atoms with van der Waals surface area (Å²) in [5.41, 5.74) is 0. The first kappa shape index (κ1) is 8.52. The predicted molar refractivity (Wildman–Crippen MR) is 29.7 cm³/mol. The van der Waals surface area contributed by atoms with E-state index in [1.807, 2.05) is 6.92 Å². The Kier molecular flexibility index (Phi) is 5.35. The van der Waals surface area contributed by atoms with Crippen molar-refractivity contribution in [1.82, 2.24) is 0 Å². The fourth-order valence-corrected chi connectivity index (χ4v) is 0.212. The molecule has 0 aromatic heterocycles. The first-order valence-corrected chi connectivity index (χ1v) is 2.74. The molecular weight excluding hydrogens is 147 g/mol. The number of hydrogen-bond acceptors (Lipinski definition) is 4. The molecule has 54 valence electrons. The van der Waals surface area contributed by atoms with E-state index in [1.165, 1.54) is 0 Å². The molecule has 5 heteroatoms. The summed E-state index contributed by atoms with van der Waals surface area (Å²) in [6, 6.07) is 0. The van der Waals surface area contributed by atoms with E-state index in [9.17, 15) is 4.79 Å². The fourth-order valence-electron chi connectivity index (χ4n) is 0.186. The molecule has 0 unspecified atom stereocenters. The molecule has 0 aromatic rings. The molecule has 0 N–H and O–H groups in total. The van der Waals surface area contributed by atoms with Gasteiger partial charge in [0, 0.05) is 0 Å². The van der Waals surface area contributed by atoms with Crippen LogP contribution in [0.3, 0.4) is 0 Å². The van der Waals surface area contributed by atoms with E-state index in [-0.39, 0.29) is 0 Å². The Morgan fingerprint density at radius 1 is 1.67 bits per heavy atom. The molecule has 4 nitrogen and oxygen atoms in total. The highest BCUT2D eigenvalue weighted by molar-refractivity contribution is 6.12. The normalized spacial score (nSPS) is 8.67. The summed E-state index contributed by atoms with van der Waals surface area (Å²) < 4.78 is 3.58. The van der Waals surface area contributed by atoms with Crippen LogP contribution in [0.1, 0.15) is 13.3 Å². The number of hydrogen-bond donors (Lipinski definition) is 0. The van der Waals surface area contributed by atoms with Crippen LogP contribution in [0, 0.1) is 0 Å². The van der Waals surface area contributed by atoms with Crippen molar-refractivity contribution in [3.63, 3.8) is 0 Å². The van der Waals surface area contributed by atoms with Crippen LogP contribution >= 0.6 is 11.9 Å². The monoisotopic (exact) mass is 154 g/mol. The lowest BCUT2D eigenvalue weighted by molar-refractivity contribution is -0.248. The predicted octanol–water partition coefficient (Wildman–Crippen LogP) is 1.64. The molecule has 0 spiro atoms. The first-order valence-electron chi connectivity index (χ1n) is 2.43. The molecule has 0 saturated carbocycles. The van der Waals surface area contributed by atoms with Gasteiger partial charge in [-0.05, 0) is 6.42 Å². The molecule has 0 saturated heterocycles. The molecule has 0 atom stereocenters. The Labute approximate surface area is 57.7 Å². The fraction of sp³-hybridized carbons (Fsp3) is 0.750. The van der Waals surface area contributed by atoms with E-state index in [1.54, 1.807) is 0 Å². The second-order valence-electron chi connectivity index (χ2n) is 1.23. The van der Waals surface area contributed by atoms with Gasteiger partial charge in [0.25, 0.3) is 0 Å². The summed E-state index contributed by atoms with van der Waals surface area (Å²) in [5.74, 6) is 0. The van der Waals surface area contributed by atoms with Crippen LogP contribution in [0.4, 0.5) is 4.79 Å². The Morgan fingerprint density at radius 3 is 2.78 bits per heavy atom. The maximum absolute atomic E-state index is 9.99. The van der Waals surface area contributed by atoms with Gasteiger partial charge in [0.05, 0.1) is 6.61 Å². The molecule has 9 heavy (non-hydrogen) atoms. The van der Waals surface area contributed by atoms with E-state index in [0.717, 1.165) is 6.42 Å². The maximum Gasteiger partial charge on any atom is 0.559 e. The van der Waals surface area contributed by atoms with Crippen molar-refractivity contribution in [2.45, 2.75) is 13.3 Å². The zero-order valence-electron chi connectivity index (χ0n) is 4.93. The summed E-state index contributed by atoms with van der Waals surface area (Å²) in [4.78, 5) is 18.2. The molecule has 0 bridgehead atoms. The summed E-state index contributed by atoms with van der Waals surface area (Å²) in [6.07, 6.45) is -0.291. The zero-order valence-corrected chi connectivity index (χ0v) is 5.68. The summed E-state index contributed by atoms with van der Waals surface area (Å²) in [5, 5.41) is 0. The Morgan fingerprint density at radius 2 is 2.33 bits per heavy atom. The standard InChI is InChI=1S/C4H7ClO4/c1-2-3-7-9-4(6)8-5/h2-3H2,1H3. The minimum atomic E-state index is -1.05. The van der Waals surface area contributed by atoms with Crippen molar-refractivity contribution in [2.24, 2.45) is 0 Å². The van der Waals surface area contributed by atoms with Gasteiger partial charge in [-0.15, -0.1) is 0 Å². The van der Waals surface area contributed by atoms with Crippen molar-refractivity contribution in [3.05, 3.63) is 0 Å². The van der Waals surface area contributed by atoms with Crippen LogP contribution in [0.5, 0.6) is 0 Å². The summed E-state index contributed by atoms with van der Waals surface area (Å²) in [7, 11) is 0. The van der Waals surface area contributed by atoms with Crippen molar-refractivity contribution in [1.29, 1.82) is 0 Å². The molecule has 0 amide bonds. The third-order valence-electron chi connectivity index (χ3n) is 0.477. The largest absolute Gasteiger partial charge is 0.559 e. The van der Waals surface area contributed by atoms with Crippen LogP contribution in [-0.4, -0.2) is 12.8 Å². The molecule has 0 aliphatic carbocycles. The first-order chi connectivity index (χ1) is 4.31. The Hall–Kier alpha value is -0.480. The molecular formula is C4H7ClO4. The van der Waals surface area contributed by atoms with E-state index in [4.69, 9.17) is 0 Å². The van der Waals surface area contributed by atoms with Crippen LogP contribution < -0.4 is 0 Å². The van der Waals surface area contributed by atoms with Crippen LogP contribution in [-0.2, 0) is 14.1 Å². The van der Waals surface area contributed by atoms with Gasteiger partial charge in [-0.1, -0.05) is 6.92 Å². The van der Waals surface area contributed by atoms with Crippen molar-refractivity contribution < 1.29 is 18.9 Å². The van der Waals surface area contributed by atoms with Crippen molar-refractivity contribution >= 4 is 18.0 Å². The van der Waals surface area contributed by atoms with E-state index >= 15 is 0 Å². The number of halogens is 1.